The fraction of sp³-hybridized carbons (Fsp3) is 0.846. The second kappa shape index (κ2) is 8.40. The molecule has 0 heterocycles. The number of thioether (sulfide) groups is 1. The van der Waals surface area contributed by atoms with Crippen molar-refractivity contribution < 1.29 is 14.3 Å². The van der Waals surface area contributed by atoms with Crippen LogP contribution < -0.4 is 5.32 Å². The van der Waals surface area contributed by atoms with Crippen LogP contribution in [-0.4, -0.2) is 35.5 Å². The van der Waals surface area contributed by atoms with Crippen LogP contribution >= 0.6 is 11.8 Å². The van der Waals surface area contributed by atoms with E-state index in [4.69, 9.17) is 4.74 Å². The highest BCUT2D eigenvalue weighted by Crippen LogP contribution is 2.09. The van der Waals surface area contributed by atoms with Crippen molar-refractivity contribution in [3.05, 3.63) is 0 Å². The highest BCUT2D eigenvalue weighted by Gasteiger charge is 2.16. The lowest BCUT2D eigenvalue weighted by atomic mass is 10.2. The Bertz CT molecular complexity index is 274. The van der Waals surface area contributed by atoms with E-state index in [0.29, 0.717) is 11.8 Å². The zero-order valence-corrected chi connectivity index (χ0v) is 12.9. The monoisotopic (exact) mass is 275 g/mol. The summed E-state index contributed by atoms with van der Waals surface area (Å²) in [5.74, 6) is -0.413. The molecule has 4 nitrogen and oxygen atoms in total. The topological polar surface area (TPSA) is 55.4 Å². The van der Waals surface area contributed by atoms with E-state index in [9.17, 15) is 9.59 Å². The van der Waals surface area contributed by atoms with Gasteiger partial charge in [-0.25, -0.2) is 0 Å². The first-order valence-corrected chi connectivity index (χ1v) is 7.54. The van der Waals surface area contributed by atoms with Gasteiger partial charge in [-0.15, -0.1) is 0 Å². The van der Waals surface area contributed by atoms with Gasteiger partial charge in [-0.3, -0.25) is 9.59 Å². The van der Waals surface area contributed by atoms with E-state index in [2.05, 4.69) is 18.5 Å². The highest BCUT2D eigenvalue weighted by atomic mass is 32.2. The molecule has 5 heteroatoms. The third-order valence-corrected chi connectivity index (χ3v) is 3.29. The average Bonchev–Trinajstić information content (AvgIpc) is 2.23. The Labute approximate surface area is 114 Å². The standard InChI is InChI=1S/C13H25NO3S/c1-10(18-5)8-9-14-11(15)6-7-12(16)17-13(2,3)4/h10H,6-9H2,1-5H3,(H,14,15). The lowest BCUT2D eigenvalue weighted by Gasteiger charge is -2.19. The normalized spacial score (nSPS) is 12.9. The number of nitrogens with one attached hydrogen (secondary N) is 1. The largest absolute Gasteiger partial charge is 0.460 e. The maximum absolute atomic E-state index is 11.5. The Morgan fingerprint density at radius 3 is 2.39 bits per heavy atom. The Morgan fingerprint density at radius 1 is 1.28 bits per heavy atom. The van der Waals surface area contributed by atoms with Crippen molar-refractivity contribution in [2.24, 2.45) is 0 Å². The van der Waals surface area contributed by atoms with E-state index in [1.54, 1.807) is 11.8 Å². The van der Waals surface area contributed by atoms with Crippen LogP contribution in [0.5, 0.6) is 0 Å². The summed E-state index contributed by atoms with van der Waals surface area (Å²) >= 11 is 1.78. The molecular formula is C13H25NO3S. The van der Waals surface area contributed by atoms with E-state index in [0.717, 1.165) is 6.42 Å². The predicted octanol–water partition coefficient (Wildman–Crippen LogP) is 2.37. The van der Waals surface area contributed by atoms with Crippen molar-refractivity contribution in [1.29, 1.82) is 0 Å². The number of hydrogen-bond donors (Lipinski definition) is 1. The molecule has 1 N–H and O–H groups in total. The third-order valence-electron chi connectivity index (χ3n) is 2.25. The van der Waals surface area contributed by atoms with Crippen LogP contribution in [0.2, 0.25) is 0 Å². The Morgan fingerprint density at radius 2 is 1.89 bits per heavy atom. The molecule has 0 aromatic rings. The number of esters is 1. The molecule has 0 aromatic carbocycles. The molecule has 18 heavy (non-hydrogen) atoms. The minimum Gasteiger partial charge on any atom is -0.460 e. The van der Waals surface area contributed by atoms with Gasteiger partial charge in [-0.05, 0) is 33.4 Å². The molecular weight excluding hydrogens is 250 g/mol. The molecule has 1 unspecified atom stereocenters. The minimum atomic E-state index is -0.485. The van der Waals surface area contributed by atoms with E-state index in [1.165, 1.54) is 0 Å². The molecule has 0 aliphatic heterocycles. The predicted molar refractivity (Wildman–Crippen MR) is 75.7 cm³/mol. The van der Waals surface area contributed by atoms with Gasteiger partial charge in [0, 0.05) is 18.2 Å². The first-order valence-electron chi connectivity index (χ1n) is 6.26. The summed E-state index contributed by atoms with van der Waals surface area (Å²) in [6.45, 7) is 8.23. The van der Waals surface area contributed by atoms with Crippen molar-refractivity contribution in [2.45, 2.75) is 57.8 Å². The highest BCUT2D eigenvalue weighted by molar-refractivity contribution is 7.99. The minimum absolute atomic E-state index is 0.0887. The zero-order chi connectivity index (χ0) is 14.2. The van der Waals surface area contributed by atoms with Crippen molar-refractivity contribution in [1.82, 2.24) is 5.32 Å². The van der Waals surface area contributed by atoms with Crippen LogP contribution in [0.1, 0.15) is 47.0 Å². The van der Waals surface area contributed by atoms with E-state index < -0.39 is 5.60 Å². The fourth-order valence-electron chi connectivity index (χ4n) is 1.23. The molecule has 0 spiro atoms. The van der Waals surface area contributed by atoms with Gasteiger partial charge in [0.2, 0.25) is 5.91 Å². The van der Waals surface area contributed by atoms with Crippen LogP contribution in [0, 0.1) is 0 Å². The van der Waals surface area contributed by atoms with Gasteiger partial charge in [0.15, 0.2) is 0 Å². The number of carbonyl (C=O) groups is 2. The van der Waals surface area contributed by atoms with Gasteiger partial charge >= 0.3 is 5.97 Å². The number of rotatable bonds is 7. The van der Waals surface area contributed by atoms with Crippen molar-refractivity contribution in [3.8, 4) is 0 Å². The van der Waals surface area contributed by atoms with E-state index in [1.807, 2.05) is 20.8 Å². The first-order chi connectivity index (χ1) is 8.24. The Hall–Kier alpha value is -0.710. The summed E-state index contributed by atoms with van der Waals surface area (Å²) < 4.78 is 5.13. The van der Waals surface area contributed by atoms with Gasteiger partial charge < -0.3 is 10.1 Å². The number of hydrogen-bond acceptors (Lipinski definition) is 4. The lowest BCUT2D eigenvalue weighted by molar-refractivity contribution is -0.155. The van der Waals surface area contributed by atoms with Crippen LogP contribution in [0.4, 0.5) is 0 Å². The number of ether oxygens (including phenoxy) is 1. The summed E-state index contributed by atoms with van der Waals surface area (Å²) in [4.78, 5) is 22.8. The SMILES string of the molecule is CSC(C)CCNC(=O)CCC(=O)OC(C)(C)C. The second-order valence-electron chi connectivity index (χ2n) is 5.27. The molecule has 1 atom stereocenters. The Balaban J connectivity index is 3.68. The van der Waals surface area contributed by atoms with Crippen molar-refractivity contribution in [2.75, 3.05) is 12.8 Å². The average molecular weight is 275 g/mol. The zero-order valence-electron chi connectivity index (χ0n) is 12.0. The van der Waals surface area contributed by atoms with Gasteiger partial charge in [-0.2, -0.15) is 11.8 Å². The quantitative estimate of drug-likeness (QED) is 0.725. The molecule has 0 radical (unpaired) electrons. The van der Waals surface area contributed by atoms with Gasteiger partial charge in [0.05, 0.1) is 6.42 Å². The molecule has 0 rings (SSSR count). The molecule has 0 saturated heterocycles. The number of carbonyl (C=O) groups excluding carboxylic acids is 2. The third kappa shape index (κ3) is 10.4. The van der Waals surface area contributed by atoms with Crippen LogP contribution in [0.3, 0.4) is 0 Å². The molecule has 0 fully saturated rings. The molecule has 0 saturated carbocycles. The molecule has 1 amide bonds. The van der Waals surface area contributed by atoms with Gasteiger partial charge in [-0.1, -0.05) is 6.92 Å². The van der Waals surface area contributed by atoms with Crippen LogP contribution in [0.25, 0.3) is 0 Å². The molecule has 0 aliphatic rings. The molecule has 106 valence electrons. The summed E-state index contributed by atoms with van der Waals surface area (Å²) in [6, 6.07) is 0. The first kappa shape index (κ1) is 17.3. The van der Waals surface area contributed by atoms with Crippen molar-refractivity contribution in [3.63, 3.8) is 0 Å². The smallest absolute Gasteiger partial charge is 0.306 e. The Kier molecular flexibility index (Phi) is 8.07. The maximum Gasteiger partial charge on any atom is 0.306 e. The maximum atomic E-state index is 11.5. The van der Waals surface area contributed by atoms with Crippen LogP contribution in [-0.2, 0) is 14.3 Å². The summed E-state index contributed by atoms with van der Waals surface area (Å²) in [6.07, 6.45) is 3.33. The van der Waals surface area contributed by atoms with E-state index >= 15 is 0 Å². The van der Waals surface area contributed by atoms with Crippen LogP contribution in [0.15, 0.2) is 0 Å². The number of amides is 1. The lowest BCUT2D eigenvalue weighted by Crippen LogP contribution is -2.28. The molecule has 0 aromatic heterocycles. The summed E-state index contributed by atoms with van der Waals surface area (Å²) in [5.41, 5.74) is -0.485. The van der Waals surface area contributed by atoms with E-state index in [-0.39, 0.29) is 24.7 Å². The summed E-state index contributed by atoms with van der Waals surface area (Å²) in [7, 11) is 0. The van der Waals surface area contributed by atoms with Gasteiger partial charge in [0.25, 0.3) is 0 Å². The summed E-state index contributed by atoms with van der Waals surface area (Å²) in [5, 5.41) is 3.34. The van der Waals surface area contributed by atoms with Gasteiger partial charge in [0.1, 0.15) is 5.60 Å². The second-order valence-corrected chi connectivity index (χ2v) is 6.55. The van der Waals surface area contributed by atoms with Crippen molar-refractivity contribution >= 4 is 23.6 Å². The fourth-order valence-corrected chi connectivity index (χ4v) is 1.58. The molecule has 0 bridgehead atoms. The molecule has 0 aliphatic carbocycles.